The Kier molecular flexibility index (Phi) is 6.67. The topological polar surface area (TPSA) is 64.4 Å². The largest absolute Gasteiger partial charge is 0.371 e. The van der Waals surface area contributed by atoms with Crippen LogP contribution in [0.25, 0.3) is 0 Å². The zero-order valence-corrected chi connectivity index (χ0v) is 18.2. The summed E-state index contributed by atoms with van der Waals surface area (Å²) in [4.78, 5) is 5.12. The molecule has 2 aliphatic rings. The predicted octanol–water partition coefficient (Wildman–Crippen LogP) is 3.69. The molecule has 0 aromatic heterocycles. The van der Waals surface area contributed by atoms with Crippen molar-refractivity contribution in [1.82, 2.24) is 4.90 Å². The van der Waals surface area contributed by atoms with Crippen LogP contribution in [0.15, 0.2) is 23.1 Å². The SMILES string of the molecule is CC1CCN(CC2CCN(c3cc(C#N)cc(S(=O)(=O)C(C)C)c3)CC2)CC1. The van der Waals surface area contributed by atoms with Crippen molar-refractivity contribution >= 4 is 15.5 Å². The molecule has 5 nitrogen and oxygen atoms in total. The molecule has 2 saturated heterocycles. The van der Waals surface area contributed by atoms with Crippen molar-refractivity contribution in [3.63, 3.8) is 0 Å². The first-order chi connectivity index (χ1) is 13.3. The van der Waals surface area contributed by atoms with Gasteiger partial charge in [0.15, 0.2) is 9.84 Å². The number of likely N-dealkylation sites (tertiary alicyclic amines) is 1. The zero-order valence-electron chi connectivity index (χ0n) is 17.4. The number of nitrogens with zero attached hydrogens (tertiary/aromatic N) is 3. The van der Waals surface area contributed by atoms with Crippen LogP contribution in [0.2, 0.25) is 0 Å². The van der Waals surface area contributed by atoms with Gasteiger partial charge in [-0.2, -0.15) is 5.26 Å². The molecule has 2 aliphatic heterocycles. The lowest BCUT2D eigenvalue weighted by molar-refractivity contribution is 0.157. The molecule has 1 aromatic rings. The van der Waals surface area contributed by atoms with Crippen LogP contribution in [0, 0.1) is 23.2 Å². The highest BCUT2D eigenvalue weighted by molar-refractivity contribution is 7.92. The first kappa shape index (κ1) is 21.1. The van der Waals surface area contributed by atoms with E-state index in [-0.39, 0.29) is 4.90 Å². The lowest BCUT2D eigenvalue weighted by Gasteiger charge is -2.38. The van der Waals surface area contributed by atoms with Gasteiger partial charge < -0.3 is 9.80 Å². The minimum absolute atomic E-state index is 0.265. The van der Waals surface area contributed by atoms with Crippen LogP contribution in [-0.2, 0) is 9.84 Å². The molecule has 6 heteroatoms. The van der Waals surface area contributed by atoms with E-state index in [1.807, 2.05) is 6.07 Å². The molecule has 0 atom stereocenters. The van der Waals surface area contributed by atoms with Crippen LogP contribution in [-0.4, -0.2) is 51.3 Å². The normalized spacial score (nSPS) is 20.5. The molecule has 0 unspecified atom stereocenters. The summed E-state index contributed by atoms with van der Waals surface area (Å²) in [6, 6.07) is 7.21. The Bertz CT molecular complexity index is 813. The molecule has 2 fully saturated rings. The van der Waals surface area contributed by atoms with E-state index in [4.69, 9.17) is 0 Å². The van der Waals surface area contributed by atoms with Crippen LogP contribution < -0.4 is 4.90 Å². The van der Waals surface area contributed by atoms with Crippen molar-refractivity contribution in [3.05, 3.63) is 23.8 Å². The van der Waals surface area contributed by atoms with Crippen molar-refractivity contribution in [1.29, 1.82) is 5.26 Å². The van der Waals surface area contributed by atoms with E-state index in [9.17, 15) is 13.7 Å². The fourth-order valence-corrected chi connectivity index (χ4v) is 5.37. The van der Waals surface area contributed by atoms with Crippen LogP contribution in [0.3, 0.4) is 0 Å². The number of sulfone groups is 1. The maximum Gasteiger partial charge on any atom is 0.180 e. The quantitative estimate of drug-likeness (QED) is 0.750. The smallest absolute Gasteiger partial charge is 0.180 e. The number of anilines is 1. The maximum atomic E-state index is 12.6. The van der Waals surface area contributed by atoms with Gasteiger partial charge in [0, 0.05) is 25.3 Å². The van der Waals surface area contributed by atoms with Gasteiger partial charge in [-0.05, 0) is 82.7 Å². The number of hydrogen-bond acceptors (Lipinski definition) is 5. The van der Waals surface area contributed by atoms with Crippen molar-refractivity contribution in [2.75, 3.05) is 37.6 Å². The van der Waals surface area contributed by atoms with Gasteiger partial charge in [0.1, 0.15) is 0 Å². The summed E-state index contributed by atoms with van der Waals surface area (Å²) < 4.78 is 25.2. The zero-order chi connectivity index (χ0) is 20.3. The second-order valence-electron chi connectivity index (χ2n) is 8.83. The monoisotopic (exact) mass is 403 g/mol. The first-order valence-corrected chi connectivity index (χ1v) is 12.1. The Labute approximate surface area is 170 Å². The average molecular weight is 404 g/mol. The standard InChI is InChI=1S/C22H33N3O2S/c1-17(2)28(26,27)22-13-20(15-23)12-21(14-22)25-10-6-19(7-11-25)16-24-8-4-18(3)5-9-24/h12-14,17-19H,4-11,16H2,1-3H3. The number of piperidine rings is 2. The lowest BCUT2D eigenvalue weighted by Crippen LogP contribution is -2.41. The molecule has 0 bridgehead atoms. The van der Waals surface area contributed by atoms with Crippen LogP contribution in [0.1, 0.15) is 52.0 Å². The molecule has 0 aliphatic carbocycles. The van der Waals surface area contributed by atoms with Gasteiger partial charge in [0.05, 0.1) is 21.8 Å². The highest BCUT2D eigenvalue weighted by Crippen LogP contribution is 2.29. The second kappa shape index (κ2) is 8.84. The molecule has 3 rings (SSSR count). The van der Waals surface area contributed by atoms with Crippen LogP contribution in [0.4, 0.5) is 5.69 Å². The summed E-state index contributed by atoms with van der Waals surface area (Å²) >= 11 is 0. The fraction of sp³-hybridized carbons (Fsp3) is 0.682. The van der Waals surface area contributed by atoms with Gasteiger partial charge in [-0.15, -0.1) is 0 Å². The van der Waals surface area contributed by atoms with Gasteiger partial charge in [0.25, 0.3) is 0 Å². The van der Waals surface area contributed by atoms with Crippen molar-refractivity contribution in [2.45, 2.75) is 56.6 Å². The summed E-state index contributed by atoms with van der Waals surface area (Å²) in [6.45, 7) is 11.2. The first-order valence-electron chi connectivity index (χ1n) is 10.6. The minimum Gasteiger partial charge on any atom is -0.371 e. The van der Waals surface area contributed by atoms with Gasteiger partial charge >= 0.3 is 0 Å². The van der Waals surface area contributed by atoms with E-state index in [0.717, 1.165) is 37.5 Å². The van der Waals surface area contributed by atoms with E-state index in [1.54, 1.807) is 19.9 Å². The Balaban J connectivity index is 1.66. The van der Waals surface area contributed by atoms with E-state index >= 15 is 0 Å². The third kappa shape index (κ3) is 4.87. The summed E-state index contributed by atoms with van der Waals surface area (Å²) in [6.07, 6.45) is 4.87. The summed E-state index contributed by atoms with van der Waals surface area (Å²) in [7, 11) is -3.39. The summed E-state index contributed by atoms with van der Waals surface area (Å²) in [5.74, 6) is 1.57. The highest BCUT2D eigenvalue weighted by atomic mass is 32.2. The molecule has 28 heavy (non-hydrogen) atoms. The van der Waals surface area contributed by atoms with Gasteiger partial charge in [-0.3, -0.25) is 0 Å². The Morgan fingerprint density at radius 3 is 2.29 bits per heavy atom. The van der Waals surface area contributed by atoms with Gasteiger partial charge in [-0.1, -0.05) is 6.92 Å². The number of hydrogen-bond donors (Lipinski definition) is 0. The lowest BCUT2D eigenvalue weighted by atomic mass is 9.93. The Morgan fingerprint density at radius 2 is 1.71 bits per heavy atom. The highest BCUT2D eigenvalue weighted by Gasteiger charge is 2.26. The van der Waals surface area contributed by atoms with Crippen LogP contribution >= 0.6 is 0 Å². The number of nitriles is 1. The molecule has 154 valence electrons. The minimum atomic E-state index is -3.39. The second-order valence-corrected chi connectivity index (χ2v) is 11.3. The molecule has 1 aromatic carbocycles. The number of benzene rings is 1. The Hall–Kier alpha value is -1.58. The number of rotatable bonds is 5. The van der Waals surface area contributed by atoms with Crippen molar-refractivity contribution < 1.29 is 8.42 Å². The predicted molar refractivity (Wildman–Crippen MR) is 113 cm³/mol. The van der Waals surface area contributed by atoms with E-state index in [2.05, 4.69) is 22.8 Å². The molecule has 0 radical (unpaired) electrons. The maximum absolute atomic E-state index is 12.6. The molecule has 0 N–H and O–H groups in total. The molecular formula is C22H33N3O2S. The molecule has 0 spiro atoms. The van der Waals surface area contributed by atoms with Gasteiger partial charge in [-0.25, -0.2) is 8.42 Å². The third-order valence-corrected chi connectivity index (χ3v) is 8.48. The van der Waals surface area contributed by atoms with Crippen LogP contribution in [0.5, 0.6) is 0 Å². The van der Waals surface area contributed by atoms with Crippen molar-refractivity contribution in [2.24, 2.45) is 11.8 Å². The summed E-state index contributed by atoms with van der Waals surface area (Å²) in [5, 5.41) is 8.87. The fourth-order valence-electron chi connectivity index (χ4n) is 4.25. The average Bonchev–Trinajstić information content (AvgIpc) is 2.69. The van der Waals surface area contributed by atoms with Crippen molar-refractivity contribution in [3.8, 4) is 6.07 Å². The molecular weight excluding hydrogens is 370 g/mol. The molecule has 2 heterocycles. The van der Waals surface area contributed by atoms with Gasteiger partial charge in [0.2, 0.25) is 0 Å². The van der Waals surface area contributed by atoms with E-state index in [0.29, 0.717) is 11.5 Å². The molecule has 0 amide bonds. The Morgan fingerprint density at radius 1 is 1.07 bits per heavy atom. The van der Waals surface area contributed by atoms with E-state index < -0.39 is 15.1 Å². The summed E-state index contributed by atoms with van der Waals surface area (Å²) in [5.41, 5.74) is 1.28. The van der Waals surface area contributed by atoms with E-state index in [1.165, 1.54) is 38.5 Å². The third-order valence-electron chi connectivity index (χ3n) is 6.34. The molecule has 0 saturated carbocycles.